The van der Waals surface area contributed by atoms with E-state index in [1.165, 1.54) is 17.0 Å². The molecule has 0 aromatic heterocycles. The summed E-state index contributed by atoms with van der Waals surface area (Å²) in [6.07, 6.45) is -4.42. The molecule has 2 aromatic rings. The Morgan fingerprint density at radius 3 is 2.30 bits per heavy atom. The van der Waals surface area contributed by atoms with Gasteiger partial charge in [-0.05, 0) is 69.2 Å². The number of aryl methyl sites for hydroxylation is 1. The third-order valence-electron chi connectivity index (χ3n) is 5.35. The van der Waals surface area contributed by atoms with Crippen LogP contribution in [0.2, 0.25) is 0 Å². The molecule has 0 saturated carbocycles. The van der Waals surface area contributed by atoms with E-state index in [1.807, 2.05) is 19.1 Å². The Balaban J connectivity index is 1.66. The summed E-state index contributed by atoms with van der Waals surface area (Å²) >= 11 is 0. The van der Waals surface area contributed by atoms with Crippen molar-refractivity contribution in [1.82, 2.24) is 4.90 Å². The number of nitrogens with zero attached hydrogens (tertiary/aromatic N) is 2. The molecule has 0 atom stereocenters. The lowest BCUT2D eigenvalue weighted by molar-refractivity contribution is -0.158. The third-order valence-corrected chi connectivity index (χ3v) is 5.35. The Morgan fingerprint density at radius 1 is 1.06 bits per heavy atom. The molecule has 0 spiro atoms. The van der Waals surface area contributed by atoms with Crippen molar-refractivity contribution in [3.05, 3.63) is 59.2 Å². The van der Waals surface area contributed by atoms with E-state index in [4.69, 9.17) is 9.47 Å². The van der Waals surface area contributed by atoms with Crippen molar-refractivity contribution in [1.29, 1.82) is 0 Å². The minimum Gasteiger partial charge on any atom is -0.476 e. The maximum absolute atomic E-state index is 12.8. The van der Waals surface area contributed by atoms with Crippen LogP contribution >= 0.6 is 0 Å². The van der Waals surface area contributed by atoms with Crippen LogP contribution in [0.25, 0.3) is 0 Å². The number of rotatable bonds is 7. The van der Waals surface area contributed by atoms with Gasteiger partial charge in [-0.15, -0.1) is 0 Å². The fraction of sp³-hybridized carbons (Fsp3) is 0.417. The quantitative estimate of drug-likeness (QED) is 0.530. The van der Waals surface area contributed by atoms with Gasteiger partial charge in [0.2, 0.25) is 0 Å². The Kier molecular flexibility index (Phi) is 6.90. The highest BCUT2D eigenvalue weighted by Crippen LogP contribution is 2.32. The normalized spacial score (nSPS) is 14.6. The zero-order valence-electron chi connectivity index (χ0n) is 19.0. The summed E-state index contributed by atoms with van der Waals surface area (Å²) < 4.78 is 49.3. The summed E-state index contributed by atoms with van der Waals surface area (Å²) in [5.41, 5.74) is 0.206. The molecule has 2 amide bonds. The van der Waals surface area contributed by atoms with E-state index in [0.29, 0.717) is 31.1 Å². The Bertz CT molecular complexity index is 1020. The van der Waals surface area contributed by atoms with Crippen LogP contribution in [0.5, 0.6) is 5.75 Å². The van der Waals surface area contributed by atoms with Gasteiger partial charge >= 0.3 is 18.2 Å². The molecule has 9 heteroatoms. The molecule has 178 valence electrons. The fourth-order valence-corrected chi connectivity index (χ4v) is 3.57. The summed E-state index contributed by atoms with van der Waals surface area (Å²) in [6, 6.07) is 9.76. The SMILES string of the molecule is CCOC(=O)C(C)(C)Oc1ccc(CN2CCN(c3ccc(C(F)(F)F)cc3)C2=O)cc1C. The number of alkyl halides is 3. The molecule has 0 N–H and O–H groups in total. The van der Waals surface area contributed by atoms with E-state index in [1.54, 1.807) is 31.7 Å². The molecular weight excluding hydrogens is 437 g/mol. The molecule has 33 heavy (non-hydrogen) atoms. The third kappa shape index (κ3) is 5.58. The number of hydrogen-bond donors (Lipinski definition) is 0. The summed E-state index contributed by atoms with van der Waals surface area (Å²) in [6.45, 7) is 8.29. The maximum atomic E-state index is 12.8. The Hall–Kier alpha value is -3.23. The number of esters is 1. The summed E-state index contributed by atoms with van der Waals surface area (Å²) in [5, 5.41) is 0. The largest absolute Gasteiger partial charge is 0.476 e. The minimum absolute atomic E-state index is 0.261. The number of carbonyl (C=O) groups is 2. The Morgan fingerprint density at radius 2 is 1.73 bits per heavy atom. The molecule has 1 aliphatic rings. The smallest absolute Gasteiger partial charge is 0.416 e. The number of benzene rings is 2. The van der Waals surface area contributed by atoms with Crippen LogP contribution in [-0.4, -0.2) is 42.2 Å². The van der Waals surface area contributed by atoms with Crippen LogP contribution in [0.15, 0.2) is 42.5 Å². The van der Waals surface area contributed by atoms with Crippen LogP contribution in [0.3, 0.4) is 0 Å². The van der Waals surface area contributed by atoms with Gasteiger partial charge < -0.3 is 14.4 Å². The van der Waals surface area contributed by atoms with Crippen molar-refractivity contribution in [3.63, 3.8) is 0 Å². The molecular formula is C24H27F3N2O4. The second-order valence-corrected chi connectivity index (χ2v) is 8.33. The van der Waals surface area contributed by atoms with Crippen LogP contribution in [0.1, 0.15) is 37.5 Å². The summed E-state index contributed by atoms with van der Waals surface area (Å²) in [4.78, 5) is 28.0. The highest BCUT2D eigenvalue weighted by atomic mass is 19.4. The molecule has 2 aromatic carbocycles. The van der Waals surface area contributed by atoms with Gasteiger partial charge in [0.1, 0.15) is 5.75 Å². The molecule has 0 radical (unpaired) electrons. The van der Waals surface area contributed by atoms with Crippen molar-refractivity contribution >= 4 is 17.7 Å². The molecule has 3 rings (SSSR count). The first kappa shape index (κ1) is 24.4. The molecule has 0 unspecified atom stereocenters. The van der Waals surface area contributed by atoms with Crippen LogP contribution in [0.4, 0.5) is 23.7 Å². The van der Waals surface area contributed by atoms with E-state index < -0.39 is 23.3 Å². The Labute approximate surface area is 190 Å². The van der Waals surface area contributed by atoms with Crippen molar-refractivity contribution in [2.24, 2.45) is 0 Å². The van der Waals surface area contributed by atoms with Crippen molar-refractivity contribution in [3.8, 4) is 5.75 Å². The van der Waals surface area contributed by atoms with Gasteiger partial charge in [0.25, 0.3) is 0 Å². The fourth-order valence-electron chi connectivity index (χ4n) is 3.57. The van der Waals surface area contributed by atoms with Gasteiger partial charge in [-0.1, -0.05) is 12.1 Å². The van der Waals surface area contributed by atoms with E-state index in [9.17, 15) is 22.8 Å². The zero-order valence-corrected chi connectivity index (χ0v) is 19.0. The van der Waals surface area contributed by atoms with Crippen molar-refractivity contribution < 1.29 is 32.2 Å². The predicted octanol–water partition coefficient (Wildman–Crippen LogP) is 5.18. The average molecular weight is 464 g/mol. The molecule has 0 aliphatic carbocycles. The van der Waals surface area contributed by atoms with Gasteiger partial charge in [0.15, 0.2) is 5.60 Å². The summed E-state index contributed by atoms with van der Waals surface area (Å²) in [7, 11) is 0. The molecule has 1 saturated heterocycles. The van der Waals surface area contributed by atoms with Crippen LogP contribution in [0, 0.1) is 6.92 Å². The second-order valence-electron chi connectivity index (χ2n) is 8.33. The second kappa shape index (κ2) is 9.33. The minimum atomic E-state index is -4.42. The summed E-state index contributed by atoms with van der Waals surface area (Å²) in [5.74, 6) is 0.0791. The van der Waals surface area contributed by atoms with E-state index >= 15 is 0 Å². The van der Waals surface area contributed by atoms with E-state index in [0.717, 1.165) is 23.3 Å². The first-order valence-electron chi connectivity index (χ1n) is 10.6. The monoisotopic (exact) mass is 464 g/mol. The topological polar surface area (TPSA) is 59.1 Å². The lowest BCUT2D eigenvalue weighted by Crippen LogP contribution is -2.39. The number of carbonyl (C=O) groups excluding carboxylic acids is 2. The van der Waals surface area contributed by atoms with Gasteiger partial charge in [-0.25, -0.2) is 9.59 Å². The molecule has 0 bridgehead atoms. The highest BCUT2D eigenvalue weighted by Gasteiger charge is 2.34. The molecule has 1 heterocycles. The van der Waals surface area contributed by atoms with Gasteiger partial charge in [-0.3, -0.25) is 4.90 Å². The van der Waals surface area contributed by atoms with Crippen molar-refractivity contribution in [2.75, 3.05) is 24.6 Å². The van der Waals surface area contributed by atoms with E-state index in [2.05, 4.69) is 0 Å². The standard InChI is InChI=1S/C24H27F3N2O4/c1-5-32-21(30)23(3,4)33-20-11-6-17(14-16(20)2)15-28-12-13-29(22(28)31)19-9-7-18(8-10-19)24(25,26)27/h6-11,14H,5,12-13,15H2,1-4H3. The van der Waals surface area contributed by atoms with Gasteiger partial charge in [-0.2, -0.15) is 13.2 Å². The van der Waals surface area contributed by atoms with Crippen molar-refractivity contribution in [2.45, 2.75) is 46.0 Å². The number of ether oxygens (including phenoxy) is 2. The average Bonchev–Trinajstić information content (AvgIpc) is 3.10. The maximum Gasteiger partial charge on any atom is 0.416 e. The number of amides is 2. The van der Waals surface area contributed by atoms with Gasteiger partial charge in [0.05, 0.1) is 12.2 Å². The highest BCUT2D eigenvalue weighted by molar-refractivity contribution is 5.94. The number of anilines is 1. The van der Waals surface area contributed by atoms with Crippen LogP contribution < -0.4 is 9.64 Å². The molecule has 1 aliphatic heterocycles. The zero-order chi connectivity index (χ0) is 24.4. The first-order chi connectivity index (χ1) is 15.4. The lowest BCUT2D eigenvalue weighted by Gasteiger charge is -2.25. The lowest BCUT2D eigenvalue weighted by atomic mass is 10.1. The predicted molar refractivity (Wildman–Crippen MR) is 117 cm³/mol. The number of urea groups is 1. The number of halogens is 3. The van der Waals surface area contributed by atoms with E-state index in [-0.39, 0.29) is 12.6 Å². The van der Waals surface area contributed by atoms with Gasteiger partial charge in [0, 0.05) is 25.3 Å². The molecule has 1 fully saturated rings. The van der Waals surface area contributed by atoms with Crippen LogP contribution in [-0.2, 0) is 22.3 Å². The molecule has 6 nitrogen and oxygen atoms in total. The first-order valence-corrected chi connectivity index (χ1v) is 10.6. The number of hydrogen-bond acceptors (Lipinski definition) is 4.